The van der Waals surface area contributed by atoms with Crippen molar-refractivity contribution in [3.63, 3.8) is 0 Å². The summed E-state index contributed by atoms with van der Waals surface area (Å²) in [6.45, 7) is 1.84. The molecule has 2 aromatic rings. The quantitative estimate of drug-likeness (QED) is 0.843. The molecule has 0 aliphatic rings. The molecule has 3 N–H and O–H groups in total. The molecular formula is C16H18N2O2. The third-order valence-corrected chi connectivity index (χ3v) is 3.33. The van der Waals surface area contributed by atoms with Gasteiger partial charge in [-0.2, -0.15) is 0 Å². The molecule has 0 aliphatic heterocycles. The molecule has 0 saturated carbocycles. The Labute approximate surface area is 118 Å². The van der Waals surface area contributed by atoms with Crippen LogP contribution in [-0.4, -0.2) is 18.1 Å². The average molecular weight is 270 g/mol. The minimum Gasteiger partial charge on any atom is -0.508 e. The number of hydrogen-bond donors (Lipinski definition) is 2. The van der Waals surface area contributed by atoms with E-state index in [-0.39, 0.29) is 17.6 Å². The van der Waals surface area contributed by atoms with Crippen molar-refractivity contribution in [3.8, 4) is 5.75 Å². The SMILES string of the molecule is CC(C(=O)N(C)c1cccc(O)c1)c1cccc(N)c1. The zero-order valence-electron chi connectivity index (χ0n) is 11.6. The summed E-state index contributed by atoms with van der Waals surface area (Å²) in [5, 5.41) is 9.48. The second kappa shape index (κ2) is 5.65. The van der Waals surface area contributed by atoms with Gasteiger partial charge in [0, 0.05) is 24.5 Å². The van der Waals surface area contributed by atoms with Gasteiger partial charge >= 0.3 is 0 Å². The van der Waals surface area contributed by atoms with Crippen LogP contribution in [0.2, 0.25) is 0 Å². The van der Waals surface area contributed by atoms with E-state index < -0.39 is 0 Å². The Morgan fingerprint density at radius 3 is 2.55 bits per heavy atom. The first-order chi connectivity index (χ1) is 9.49. The summed E-state index contributed by atoms with van der Waals surface area (Å²) in [5.74, 6) is -0.217. The van der Waals surface area contributed by atoms with E-state index in [2.05, 4.69) is 0 Å². The van der Waals surface area contributed by atoms with E-state index in [9.17, 15) is 9.90 Å². The minimum absolute atomic E-state index is 0.0544. The number of rotatable bonds is 3. The molecule has 0 aromatic heterocycles. The number of benzene rings is 2. The average Bonchev–Trinajstić information content (AvgIpc) is 2.45. The predicted molar refractivity (Wildman–Crippen MR) is 80.8 cm³/mol. The fraction of sp³-hybridized carbons (Fsp3) is 0.188. The maximum Gasteiger partial charge on any atom is 0.233 e. The van der Waals surface area contributed by atoms with Gasteiger partial charge in [-0.1, -0.05) is 18.2 Å². The first-order valence-electron chi connectivity index (χ1n) is 6.41. The number of nitrogens with zero attached hydrogens (tertiary/aromatic N) is 1. The van der Waals surface area contributed by atoms with E-state index in [0.717, 1.165) is 5.56 Å². The Kier molecular flexibility index (Phi) is 3.94. The number of aromatic hydroxyl groups is 1. The summed E-state index contributed by atoms with van der Waals surface area (Å²) in [6.07, 6.45) is 0. The van der Waals surface area contributed by atoms with Crippen molar-refractivity contribution < 1.29 is 9.90 Å². The predicted octanol–water partition coefficient (Wildman–Crippen LogP) is 2.74. The van der Waals surface area contributed by atoms with E-state index >= 15 is 0 Å². The lowest BCUT2D eigenvalue weighted by molar-refractivity contribution is -0.119. The van der Waals surface area contributed by atoms with Gasteiger partial charge in [-0.25, -0.2) is 0 Å². The van der Waals surface area contributed by atoms with Crippen molar-refractivity contribution in [1.82, 2.24) is 0 Å². The number of amides is 1. The molecule has 0 fully saturated rings. The molecule has 0 aliphatic carbocycles. The molecule has 0 bridgehead atoms. The lowest BCUT2D eigenvalue weighted by Crippen LogP contribution is -2.30. The highest BCUT2D eigenvalue weighted by Gasteiger charge is 2.20. The Bertz CT molecular complexity index is 572. The summed E-state index contributed by atoms with van der Waals surface area (Å²) in [5.41, 5.74) is 7.92. The normalized spacial score (nSPS) is 11.9. The van der Waals surface area contributed by atoms with Crippen molar-refractivity contribution >= 4 is 17.3 Å². The molecule has 4 nitrogen and oxygen atoms in total. The van der Waals surface area contributed by atoms with Gasteiger partial charge in [0.2, 0.25) is 5.91 Å². The topological polar surface area (TPSA) is 66.6 Å². The van der Waals surface area contributed by atoms with Crippen molar-refractivity contribution in [2.75, 3.05) is 17.7 Å². The van der Waals surface area contributed by atoms with Gasteiger partial charge in [-0.15, -0.1) is 0 Å². The molecule has 1 atom stereocenters. The first kappa shape index (κ1) is 13.9. The zero-order valence-corrected chi connectivity index (χ0v) is 11.6. The van der Waals surface area contributed by atoms with Gasteiger partial charge in [-0.3, -0.25) is 4.79 Å². The second-order valence-electron chi connectivity index (χ2n) is 4.81. The number of nitrogens with two attached hydrogens (primary N) is 1. The van der Waals surface area contributed by atoms with Gasteiger partial charge < -0.3 is 15.7 Å². The maximum absolute atomic E-state index is 12.5. The molecule has 0 spiro atoms. The van der Waals surface area contributed by atoms with Crippen LogP contribution < -0.4 is 10.6 Å². The Morgan fingerprint density at radius 2 is 1.90 bits per heavy atom. The van der Waals surface area contributed by atoms with E-state index in [4.69, 9.17) is 5.73 Å². The van der Waals surface area contributed by atoms with E-state index in [0.29, 0.717) is 11.4 Å². The van der Waals surface area contributed by atoms with Crippen LogP contribution in [0.25, 0.3) is 0 Å². The van der Waals surface area contributed by atoms with Crippen molar-refractivity contribution in [2.45, 2.75) is 12.8 Å². The van der Waals surface area contributed by atoms with Gasteiger partial charge in [-0.05, 0) is 36.8 Å². The lowest BCUT2D eigenvalue weighted by Gasteiger charge is -2.22. The molecule has 4 heteroatoms. The highest BCUT2D eigenvalue weighted by atomic mass is 16.3. The van der Waals surface area contributed by atoms with E-state index in [1.54, 1.807) is 43.4 Å². The van der Waals surface area contributed by atoms with Crippen LogP contribution in [-0.2, 0) is 4.79 Å². The van der Waals surface area contributed by atoms with Crippen LogP contribution in [0.4, 0.5) is 11.4 Å². The van der Waals surface area contributed by atoms with Crippen molar-refractivity contribution in [3.05, 3.63) is 54.1 Å². The summed E-state index contributed by atoms with van der Waals surface area (Å²) in [7, 11) is 1.69. The lowest BCUT2D eigenvalue weighted by atomic mass is 9.99. The van der Waals surface area contributed by atoms with Crippen molar-refractivity contribution in [2.24, 2.45) is 0 Å². The summed E-state index contributed by atoms with van der Waals surface area (Å²) >= 11 is 0. The molecule has 1 unspecified atom stereocenters. The fourth-order valence-corrected chi connectivity index (χ4v) is 2.09. The van der Waals surface area contributed by atoms with Crippen molar-refractivity contribution in [1.29, 1.82) is 0 Å². The Morgan fingerprint density at radius 1 is 1.20 bits per heavy atom. The van der Waals surface area contributed by atoms with Gasteiger partial charge in [0.1, 0.15) is 5.75 Å². The Balaban J connectivity index is 2.22. The van der Waals surface area contributed by atoms with Crippen LogP contribution in [0.15, 0.2) is 48.5 Å². The highest BCUT2D eigenvalue weighted by Crippen LogP contribution is 2.24. The summed E-state index contributed by atoms with van der Waals surface area (Å²) < 4.78 is 0. The monoisotopic (exact) mass is 270 g/mol. The van der Waals surface area contributed by atoms with Gasteiger partial charge in [0.05, 0.1) is 5.92 Å². The van der Waals surface area contributed by atoms with E-state index in [1.807, 2.05) is 19.1 Å². The number of likely N-dealkylation sites (N-methyl/N-ethyl adjacent to an activating group) is 1. The number of carbonyl (C=O) groups is 1. The van der Waals surface area contributed by atoms with Gasteiger partial charge in [0.15, 0.2) is 0 Å². The summed E-state index contributed by atoms with van der Waals surface area (Å²) in [4.78, 5) is 14.0. The number of carbonyl (C=O) groups excluding carboxylic acids is 1. The number of phenolic OH excluding ortho intramolecular Hbond substituents is 1. The molecule has 20 heavy (non-hydrogen) atoms. The summed E-state index contributed by atoms with van der Waals surface area (Å²) in [6, 6.07) is 13.9. The molecule has 104 valence electrons. The van der Waals surface area contributed by atoms with Crippen LogP contribution in [0.3, 0.4) is 0 Å². The number of hydrogen-bond acceptors (Lipinski definition) is 3. The number of phenols is 1. The highest BCUT2D eigenvalue weighted by molar-refractivity contribution is 5.97. The molecule has 0 heterocycles. The molecule has 0 saturated heterocycles. The maximum atomic E-state index is 12.5. The molecule has 1 amide bonds. The van der Waals surface area contributed by atoms with Crippen LogP contribution in [0, 0.1) is 0 Å². The largest absolute Gasteiger partial charge is 0.508 e. The van der Waals surface area contributed by atoms with Crippen LogP contribution in [0.5, 0.6) is 5.75 Å². The fourth-order valence-electron chi connectivity index (χ4n) is 2.09. The molecule has 2 rings (SSSR count). The van der Waals surface area contributed by atoms with Crippen LogP contribution >= 0.6 is 0 Å². The second-order valence-corrected chi connectivity index (χ2v) is 4.81. The molecular weight excluding hydrogens is 252 g/mol. The number of anilines is 2. The minimum atomic E-state index is -0.300. The Hall–Kier alpha value is -2.49. The smallest absolute Gasteiger partial charge is 0.233 e. The third kappa shape index (κ3) is 2.91. The zero-order chi connectivity index (χ0) is 14.7. The van der Waals surface area contributed by atoms with Gasteiger partial charge in [0.25, 0.3) is 0 Å². The number of nitrogen functional groups attached to an aromatic ring is 1. The first-order valence-corrected chi connectivity index (χ1v) is 6.41. The standard InChI is InChI=1S/C16H18N2O2/c1-11(12-5-3-6-13(17)9-12)16(20)18(2)14-7-4-8-15(19)10-14/h3-11,19H,17H2,1-2H3. The van der Waals surface area contributed by atoms with Crippen LogP contribution in [0.1, 0.15) is 18.4 Å². The molecule has 2 aromatic carbocycles. The molecule has 0 radical (unpaired) electrons. The van der Waals surface area contributed by atoms with E-state index in [1.165, 1.54) is 4.90 Å². The third-order valence-electron chi connectivity index (χ3n) is 3.33.